The highest BCUT2D eigenvalue weighted by molar-refractivity contribution is 5.47. The number of aliphatic hydroxyl groups is 1. The van der Waals surface area contributed by atoms with Crippen LogP contribution < -0.4 is 4.90 Å². The molecule has 1 N–H and O–H groups in total. The molecule has 1 aliphatic rings. The van der Waals surface area contributed by atoms with Crippen molar-refractivity contribution in [2.75, 3.05) is 24.7 Å². The number of hydrogen-bond acceptors (Lipinski definition) is 6. The van der Waals surface area contributed by atoms with Crippen LogP contribution in [0.2, 0.25) is 0 Å². The summed E-state index contributed by atoms with van der Waals surface area (Å²) in [5.41, 5.74) is 0.0291. The number of hydrogen-bond donors (Lipinski definition) is 1. The summed E-state index contributed by atoms with van der Waals surface area (Å²) >= 11 is 0. The number of nitrogens with zero attached hydrogens (tertiary/aromatic N) is 5. The van der Waals surface area contributed by atoms with Crippen molar-refractivity contribution in [1.82, 2.24) is 19.8 Å². The molecule has 7 nitrogen and oxygen atoms in total. The Bertz CT molecular complexity index is 688. The Morgan fingerprint density at radius 2 is 2.17 bits per heavy atom. The number of aromatic nitrogens is 4. The Kier molecular flexibility index (Phi) is 4.11. The van der Waals surface area contributed by atoms with Gasteiger partial charge in [-0.3, -0.25) is 0 Å². The molecule has 0 amide bonds. The fraction of sp³-hybridized carbons (Fsp3) is 0.615. The second kappa shape index (κ2) is 5.93. The highest BCUT2D eigenvalue weighted by Gasteiger charge is 2.38. The number of anilines is 1. The molecule has 2 aromatic rings. The molecule has 1 aliphatic heterocycles. The van der Waals surface area contributed by atoms with Crippen LogP contribution in [-0.2, 0) is 10.9 Å². The molecule has 0 aromatic carbocycles. The molecule has 0 aliphatic carbocycles. The van der Waals surface area contributed by atoms with Gasteiger partial charge in [0, 0.05) is 6.54 Å². The average molecular weight is 331 g/mol. The van der Waals surface area contributed by atoms with E-state index in [1.54, 1.807) is 13.0 Å². The lowest BCUT2D eigenvalue weighted by atomic mass is 10.1. The summed E-state index contributed by atoms with van der Waals surface area (Å²) in [4.78, 5) is 1.84. The average Bonchev–Trinajstić information content (AvgIpc) is 2.90. The van der Waals surface area contributed by atoms with Crippen molar-refractivity contribution in [3.8, 4) is 0 Å². The number of alkyl halides is 3. The van der Waals surface area contributed by atoms with Crippen molar-refractivity contribution in [2.45, 2.75) is 31.7 Å². The summed E-state index contributed by atoms with van der Waals surface area (Å²) < 4.78 is 44.9. The standard InChI is InChI=1S/C13H16F3N5O2/c1-8(22)6-9-7-23-5-4-20(9)11-3-2-10-17-18-12(13(14,15)16)21(10)19-11/h2-3,8-9,22H,4-7H2,1H3. The number of fused-ring (bicyclic) bond motifs is 1. The van der Waals surface area contributed by atoms with Crippen LogP contribution in [0, 0.1) is 0 Å². The summed E-state index contributed by atoms with van der Waals surface area (Å²) in [6.45, 7) is 2.98. The van der Waals surface area contributed by atoms with Gasteiger partial charge in [-0.25, -0.2) is 0 Å². The summed E-state index contributed by atoms with van der Waals surface area (Å²) in [5, 5.41) is 20.3. The van der Waals surface area contributed by atoms with Gasteiger partial charge in [-0.05, 0) is 25.5 Å². The maximum atomic E-state index is 12.9. The minimum atomic E-state index is -4.63. The second-order valence-electron chi connectivity index (χ2n) is 5.49. The molecule has 3 heterocycles. The van der Waals surface area contributed by atoms with Gasteiger partial charge in [-0.1, -0.05) is 0 Å². The van der Waals surface area contributed by atoms with E-state index in [0.29, 0.717) is 36.5 Å². The normalized spacial score (nSPS) is 20.9. The molecule has 0 bridgehead atoms. The summed E-state index contributed by atoms with van der Waals surface area (Å²) in [6, 6.07) is 2.89. The van der Waals surface area contributed by atoms with E-state index >= 15 is 0 Å². The highest BCUT2D eigenvalue weighted by atomic mass is 19.4. The van der Waals surface area contributed by atoms with Crippen LogP contribution in [0.5, 0.6) is 0 Å². The molecule has 0 spiro atoms. The first-order chi connectivity index (χ1) is 10.9. The number of ether oxygens (including phenoxy) is 1. The molecule has 2 aromatic heterocycles. The van der Waals surface area contributed by atoms with E-state index < -0.39 is 18.1 Å². The predicted molar refractivity (Wildman–Crippen MR) is 74.0 cm³/mol. The van der Waals surface area contributed by atoms with Crippen LogP contribution in [0.3, 0.4) is 0 Å². The smallest absolute Gasteiger partial charge is 0.393 e. The molecule has 0 saturated carbocycles. The third-order valence-corrected chi connectivity index (χ3v) is 3.64. The predicted octanol–water partition coefficient (Wildman–Crippen LogP) is 1.12. The fourth-order valence-corrected chi connectivity index (χ4v) is 2.65. The zero-order valence-corrected chi connectivity index (χ0v) is 12.4. The third-order valence-electron chi connectivity index (χ3n) is 3.64. The molecular weight excluding hydrogens is 315 g/mol. The van der Waals surface area contributed by atoms with E-state index in [0.717, 1.165) is 0 Å². The van der Waals surface area contributed by atoms with E-state index in [1.807, 2.05) is 4.90 Å². The lowest BCUT2D eigenvalue weighted by Crippen LogP contribution is -2.47. The van der Waals surface area contributed by atoms with Gasteiger partial charge in [0.15, 0.2) is 5.65 Å². The molecule has 126 valence electrons. The monoisotopic (exact) mass is 331 g/mol. The first-order valence-electron chi connectivity index (χ1n) is 7.18. The quantitative estimate of drug-likeness (QED) is 0.908. The Morgan fingerprint density at radius 3 is 2.87 bits per heavy atom. The lowest BCUT2D eigenvalue weighted by molar-refractivity contribution is -0.146. The molecule has 1 fully saturated rings. The summed E-state index contributed by atoms with van der Waals surface area (Å²) in [7, 11) is 0. The van der Waals surface area contributed by atoms with Crippen molar-refractivity contribution < 1.29 is 23.0 Å². The Hall–Kier alpha value is -1.94. The molecule has 10 heteroatoms. The van der Waals surface area contributed by atoms with Crippen molar-refractivity contribution in [3.63, 3.8) is 0 Å². The van der Waals surface area contributed by atoms with E-state index in [1.165, 1.54) is 6.07 Å². The molecule has 1 saturated heterocycles. The zero-order chi connectivity index (χ0) is 16.6. The Labute approximate surface area is 129 Å². The molecule has 23 heavy (non-hydrogen) atoms. The minimum Gasteiger partial charge on any atom is -0.393 e. The molecule has 2 unspecified atom stereocenters. The van der Waals surface area contributed by atoms with Gasteiger partial charge in [0.25, 0.3) is 5.82 Å². The van der Waals surface area contributed by atoms with Gasteiger partial charge in [-0.15, -0.1) is 15.3 Å². The van der Waals surface area contributed by atoms with Crippen molar-refractivity contribution in [1.29, 1.82) is 0 Å². The van der Waals surface area contributed by atoms with Crippen LogP contribution in [0.1, 0.15) is 19.2 Å². The van der Waals surface area contributed by atoms with Gasteiger partial charge in [0.1, 0.15) is 5.82 Å². The van der Waals surface area contributed by atoms with Crippen LogP contribution in [-0.4, -0.2) is 56.8 Å². The zero-order valence-electron chi connectivity index (χ0n) is 12.4. The Balaban J connectivity index is 1.98. The van der Waals surface area contributed by atoms with E-state index in [2.05, 4.69) is 15.3 Å². The van der Waals surface area contributed by atoms with Gasteiger partial charge >= 0.3 is 6.18 Å². The van der Waals surface area contributed by atoms with Crippen LogP contribution >= 0.6 is 0 Å². The number of morpholine rings is 1. The molecule has 2 atom stereocenters. The van der Waals surface area contributed by atoms with Gasteiger partial charge in [0.05, 0.1) is 25.4 Å². The maximum absolute atomic E-state index is 12.9. The van der Waals surface area contributed by atoms with E-state index in [9.17, 15) is 18.3 Å². The highest BCUT2D eigenvalue weighted by Crippen LogP contribution is 2.28. The Morgan fingerprint density at radius 1 is 1.39 bits per heavy atom. The number of halogens is 3. The van der Waals surface area contributed by atoms with Crippen LogP contribution in [0.15, 0.2) is 12.1 Å². The second-order valence-corrected chi connectivity index (χ2v) is 5.49. The van der Waals surface area contributed by atoms with Crippen molar-refractivity contribution in [2.24, 2.45) is 0 Å². The maximum Gasteiger partial charge on any atom is 0.453 e. The van der Waals surface area contributed by atoms with Crippen molar-refractivity contribution in [3.05, 3.63) is 18.0 Å². The molecule has 3 rings (SSSR count). The van der Waals surface area contributed by atoms with Gasteiger partial charge in [-0.2, -0.15) is 17.7 Å². The van der Waals surface area contributed by atoms with Crippen LogP contribution in [0.4, 0.5) is 19.0 Å². The summed E-state index contributed by atoms with van der Waals surface area (Å²) in [5.74, 6) is -0.786. The van der Waals surface area contributed by atoms with Gasteiger partial charge < -0.3 is 14.7 Å². The SMILES string of the molecule is CC(O)CC1COCCN1c1ccc2nnc(C(F)(F)F)n2n1. The fourth-order valence-electron chi connectivity index (χ4n) is 2.65. The van der Waals surface area contributed by atoms with E-state index in [4.69, 9.17) is 4.74 Å². The van der Waals surface area contributed by atoms with Crippen LogP contribution in [0.25, 0.3) is 5.65 Å². The van der Waals surface area contributed by atoms with Crippen molar-refractivity contribution >= 4 is 11.5 Å². The topological polar surface area (TPSA) is 75.8 Å². The first kappa shape index (κ1) is 15.9. The van der Waals surface area contributed by atoms with E-state index in [-0.39, 0.29) is 11.7 Å². The van der Waals surface area contributed by atoms with Gasteiger partial charge in [0.2, 0.25) is 0 Å². The number of aliphatic hydroxyl groups excluding tert-OH is 1. The first-order valence-corrected chi connectivity index (χ1v) is 7.18. The molecular formula is C13H16F3N5O2. The third kappa shape index (κ3) is 3.22. The summed E-state index contributed by atoms with van der Waals surface area (Å²) in [6.07, 6.45) is -4.74. The molecule has 0 radical (unpaired) electrons. The number of rotatable bonds is 3. The largest absolute Gasteiger partial charge is 0.453 e. The minimum absolute atomic E-state index is 0.0291. The lowest BCUT2D eigenvalue weighted by Gasteiger charge is -2.37.